The fraction of sp³-hybridized carbons (Fsp3) is 0.523. The molecule has 3 aliphatic rings. The van der Waals surface area contributed by atoms with E-state index in [1.807, 2.05) is 31.3 Å². The number of carbonyl (C=O) groups is 3. The Morgan fingerprint density at radius 2 is 1.66 bits per heavy atom. The number of piperidine rings is 2. The number of imide groups is 1. The number of benzene rings is 1. The molecule has 0 radical (unpaired) electrons. The molecule has 12 heteroatoms. The number of likely N-dealkylation sites (tertiary alicyclic amines) is 1. The summed E-state index contributed by atoms with van der Waals surface area (Å²) in [5.41, 5.74) is 4.60. The number of anilines is 3. The van der Waals surface area contributed by atoms with Gasteiger partial charge in [-0.3, -0.25) is 29.1 Å². The third kappa shape index (κ3) is 8.70. The van der Waals surface area contributed by atoms with E-state index in [4.69, 9.17) is 9.97 Å². The standard InChI is InChI=1S/C44H56N8O4/c1-4-7-37(42(55)47-28-53)33-10-13-35(14-11-33)51-24-17-31(18-25-51)16-21-50-22-19-32(20-23-50)34-12-15-39(45-26-34)48-44-46-27-38-29(2)40(30(3)54)43(56)52(41(38)49-44)36-8-5-6-9-36/h10-15,26-28,31-32,36-37H,4-9,16-25H2,1-3H3,(H,47,53,55)(H,45,46,48,49). The molecule has 3 aromatic heterocycles. The van der Waals surface area contributed by atoms with Crippen molar-refractivity contribution in [1.82, 2.24) is 29.7 Å². The third-order valence-corrected chi connectivity index (χ3v) is 12.6. The van der Waals surface area contributed by atoms with Gasteiger partial charge in [0.1, 0.15) is 11.5 Å². The average molecular weight is 761 g/mol. The van der Waals surface area contributed by atoms with Crippen LogP contribution in [0.5, 0.6) is 0 Å². The van der Waals surface area contributed by atoms with Gasteiger partial charge in [-0.15, -0.1) is 0 Å². The molecule has 2 amide bonds. The van der Waals surface area contributed by atoms with Crippen LogP contribution >= 0.6 is 0 Å². The Morgan fingerprint density at radius 1 is 0.929 bits per heavy atom. The van der Waals surface area contributed by atoms with Crippen molar-refractivity contribution in [3.63, 3.8) is 0 Å². The summed E-state index contributed by atoms with van der Waals surface area (Å²) in [6.07, 6.45) is 15.5. The Morgan fingerprint density at radius 3 is 2.30 bits per heavy atom. The maximum absolute atomic E-state index is 13.6. The number of fused-ring (bicyclic) bond motifs is 1. The highest BCUT2D eigenvalue weighted by molar-refractivity contribution is 5.99. The molecular formula is C44H56N8O4. The maximum atomic E-state index is 13.6. The number of rotatable bonds is 14. The molecule has 12 nitrogen and oxygen atoms in total. The van der Waals surface area contributed by atoms with Crippen molar-refractivity contribution in [2.45, 2.75) is 109 Å². The first-order valence-electron chi connectivity index (χ1n) is 20.7. The first kappa shape index (κ1) is 39.3. The molecule has 4 aromatic rings. The minimum atomic E-state index is -0.298. The molecule has 2 N–H and O–H groups in total. The Bertz CT molecular complexity index is 2060. The van der Waals surface area contributed by atoms with Crippen molar-refractivity contribution in [2.24, 2.45) is 5.92 Å². The van der Waals surface area contributed by atoms with E-state index in [1.165, 1.54) is 37.4 Å². The van der Waals surface area contributed by atoms with E-state index in [0.717, 1.165) is 94.5 Å². The Balaban J connectivity index is 0.881. The van der Waals surface area contributed by atoms with Gasteiger partial charge in [-0.2, -0.15) is 4.98 Å². The van der Waals surface area contributed by atoms with Crippen LogP contribution in [0.1, 0.15) is 129 Å². The molecule has 7 rings (SSSR count). The smallest absolute Gasteiger partial charge is 0.263 e. The predicted molar refractivity (Wildman–Crippen MR) is 220 cm³/mol. The lowest BCUT2D eigenvalue weighted by molar-refractivity contribution is -0.126. The maximum Gasteiger partial charge on any atom is 0.263 e. The first-order chi connectivity index (χ1) is 27.2. The fourth-order valence-electron chi connectivity index (χ4n) is 9.29. The van der Waals surface area contributed by atoms with Gasteiger partial charge >= 0.3 is 0 Å². The number of hydrogen-bond acceptors (Lipinski definition) is 10. The second-order valence-corrected chi connectivity index (χ2v) is 16.1. The fourth-order valence-corrected chi connectivity index (χ4v) is 9.29. The molecule has 1 unspecified atom stereocenters. The van der Waals surface area contributed by atoms with Gasteiger partial charge in [0.05, 0.1) is 11.5 Å². The van der Waals surface area contributed by atoms with Crippen LogP contribution in [0.2, 0.25) is 0 Å². The van der Waals surface area contributed by atoms with Gasteiger partial charge in [0.15, 0.2) is 5.78 Å². The van der Waals surface area contributed by atoms with Crippen molar-refractivity contribution in [3.05, 3.63) is 81.4 Å². The Kier molecular flexibility index (Phi) is 12.5. The van der Waals surface area contributed by atoms with Crippen molar-refractivity contribution in [2.75, 3.05) is 42.9 Å². The summed E-state index contributed by atoms with van der Waals surface area (Å²) in [5.74, 6) is 1.49. The van der Waals surface area contributed by atoms with Crippen molar-refractivity contribution >= 4 is 46.6 Å². The van der Waals surface area contributed by atoms with Crippen LogP contribution in [-0.2, 0) is 9.59 Å². The molecule has 1 saturated carbocycles. The van der Waals surface area contributed by atoms with E-state index in [0.29, 0.717) is 41.7 Å². The minimum Gasteiger partial charge on any atom is -0.372 e. The highest BCUT2D eigenvalue weighted by atomic mass is 16.2. The number of carbonyl (C=O) groups excluding carboxylic acids is 3. The topological polar surface area (TPSA) is 142 Å². The van der Waals surface area contributed by atoms with Crippen molar-refractivity contribution in [3.8, 4) is 0 Å². The molecule has 296 valence electrons. The van der Waals surface area contributed by atoms with Gasteiger partial charge in [-0.05, 0) is 132 Å². The van der Waals surface area contributed by atoms with E-state index >= 15 is 0 Å². The van der Waals surface area contributed by atoms with E-state index in [2.05, 4.69) is 50.5 Å². The van der Waals surface area contributed by atoms with Gasteiger partial charge in [0.25, 0.3) is 5.56 Å². The molecule has 5 heterocycles. The third-order valence-electron chi connectivity index (χ3n) is 12.6. The average Bonchev–Trinajstić information content (AvgIpc) is 3.75. The molecule has 1 aliphatic carbocycles. The zero-order chi connectivity index (χ0) is 39.2. The molecule has 3 fully saturated rings. The molecule has 1 atom stereocenters. The zero-order valence-corrected chi connectivity index (χ0v) is 33.1. The van der Waals surface area contributed by atoms with Gasteiger partial charge < -0.3 is 15.1 Å². The number of pyridine rings is 2. The van der Waals surface area contributed by atoms with Crippen LogP contribution < -0.4 is 21.1 Å². The summed E-state index contributed by atoms with van der Waals surface area (Å²) in [6, 6.07) is 12.5. The van der Waals surface area contributed by atoms with Gasteiger partial charge in [0, 0.05) is 42.6 Å². The number of Topliss-reactive ketones (excluding diaryl/α,β-unsaturated/α-hetero) is 1. The van der Waals surface area contributed by atoms with Gasteiger partial charge in [0.2, 0.25) is 18.3 Å². The summed E-state index contributed by atoms with van der Waals surface area (Å²) < 4.78 is 1.74. The largest absolute Gasteiger partial charge is 0.372 e. The van der Waals surface area contributed by atoms with Crippen LogP contribution in [-0.4, -0.2) is 75.2 Å². The number of aromatic nitrogens is 4. The Hall–Kier alpha value is -4.97. The van der Waals surface area contributed by atoms with E-state index in [-0.39, 0.29) is 34.8 Å². The monoisotopic (exact) mass is 760 g/mol. The lowest BCUT2D eigenvalue weighted by Gasteiger charge is -2.36. The molecular weight excluding hydrogens is 705 g/mol. The summed E-state index contributed by atoms with van der Waals surface area (Å²) in [4.78, 5) is 68.4. The summed E-state index contributed by atoms with van der Waals surface area (Å²) in [7, 11) is 0. The SMILES string of the molecule is CCCC(C(=O)NC=O)c1ccc(N2CCC(CCN3CCC(c4ccc(Nc5ncc6c(C)c(C(C)=O)c(=O)n(C7CCCC7)c6n5)nc4)CC3)CC2)cc1. The number of nitrogens with one attached hydrogen (secondary N) is 2. The second kappa shape index (κ2) is 17.9. The van der Waals surface area contributed by atoms with E-state index in [9.17, 15) is 19.2 Å². The summed E-state index contributed by atoms with van der Waals surface area (Å²) >= 11 is 0. The highest BCUT2D eigenvalue weighted by Gasteiger charge is 2.27. The summed E-state index contributed by atoms with van der Waals surface area (Å²) in [6.45, 7) is 10.7. The van der Waals surface area contributed by atoms with E-state index in [1.54, 1.807) is 10.8 Å². The minimum absolute atomic E-state index is 0.0313. The number of aryl methyl sites for hydroxylation is 1. The normalized spacial score (nSPS) is 17.9. The van der Waals surface area contributed by atoms with E-state index < -0.39 is 0 Å². The van der Waals surface area contributed by atoms with Crippen LogP contribution in [0.3, 0.4) is 0 Å². The number of ketones is 1. The zero-order valence-electron chi connectivity index (χ0n) is 33.1. The number of amides is 2. The van der Waals surface area contributed by atoms with Crippen molar-refractivity contribution in [1.29, 1.82) is 0 Å². The molecule has 0 spiro atoms. The molecule has 1 aromatic carbocycles. The molecule has 2 aliphatic heterocycles. The number of hydrogen-bond donors (Lipinski definition) is 2. The highest BCUT2D eigenvalue weighted by Crippen LogP contribution is 2.34. The van der Waals surface area contributed by atoms with Crippen LogP contribution in [0.25, 0.3) is 11.0 Å². The van der Waals surface area contributed by atoms with Crippen LogP contribution in [0, 0.1) is 12.8 Å². The Labute approximate surface area is 329 Å². The number of nitrogens with zero attached hydrogens (tertiary/aromatic N) is 6. The predicted octanol–water partition coefficient (Wildman–Crippen LogP) is 7.20. The second-order valence-electron chi connectivity index (χ2n) is 16.1. The van der Waals surface area contributed by atoms with Crippen LogP contribution in [0.15, 0.2) is 53.6 Å². The molecule has 0 bridgehead atoms. The van der Waals surface area contributed by atoms with Crippen molar-refractivity contribution < 1.29 is 14.4 Å². The van der Waals surface area contributed by atoms with Gasteiger partial charge in [-0.1, -0.05) is 44.4 Å². The first-order valence-corrected chi connectivity index (χ1v) is 20.7. The lowest BCUT2D eigenvalue weighted by atomic mass is 9.89. The van der Waals surface area contributed by atoms with Gasteiger partial charge in [-0.25, -0.2) is 9.97 Å². The van der Waals surface area contributed by atoms with Crippen LogP contribution in [0.4, 0.5) is 17.5 Å². The molecule has 56 heavy (non-hydrogen) atoms. The summed E-state index contributed by atoms with van der Waals surface area (Å²) in [5, 5.41) is 6.31. The lowest BCUT2D eigenvalue weighted by Crippen LogP contribution is -2.37. The quantitative estimate of drug-likeness (QED) is 0.100. The molecule has 2 saturated heterocycles.